The first-order valence-electron chi connectivity index (χ1n) is 8.14. The minimum atomic E-state index is -0.329. The zero-order valence-electron chi connectivity index (χ0n) is 13.3. The van der Waals surface area contributed by atoms with Gasteiger partial charge < -0.3 is 18.9 Å². The number of nitrogens with zero attached hydrogens (tertiary/aromatic N) is 3. The lowest BCUT2D eigenvalue weighted by Gasteiger charge is -2.39. The van der Waals surface area contributed by atoms with E-state index >= 15 is 0 Å². The molecule has 0 unspecified atom stereocenters. The van der Waals surface area contributed by atoms with Gasteiger partial charge in [-0.05, 0) is 18.9 Å². The first-order valence-corrected chi connectivity index (χ1v) is 8.14. The molecule has 0 aromatic carbocycles. The standard InChI is InChI=1S/C17H19N3O4/c21-16(13-9-19-23-10-13)20-7-3-5-17(12-20)8-14(11-22-17)24-15-4-1-2-6-18-15/h1-2,4,6,9-10,14H,3,5,7-8,11-12H2/t14-,17-/m0/s1. The number of amides is 1. The highest BCUT2D eigenvalue weighted by Crippen LogP contribution is 2.36. The quantitative estimate of drug-likeness (QED) is 0.856. The van der Waals surface area contributed by atoms with Gasteiger partial charge in [-0.1, -0.05) is 11.2 Å². The fourth-order valence-corrected chi connectivity index (χ4v) is 3.51. The molecule has 4 rings (SSSR count). The van der Waals surface area contributed by atoms with Crippen LogP contribution in [-0.4, -0.2) is 52.3 Å². The Balaban J connectivity index is 1.41. The molecule has 0 bridgehead atoms. The highest BCUT2D eigenvalue weighted by atomic mass is 16.6. The monoisotopic (exact) mass is 329 g/mol. The molecule has 24 heavy (non-hydrogen) atoms. The number of carbonyl (C=O) groups excluding carboxylic acids is 1. The zero-order chi connectivity index (χ0) is 16.4. The lowest BCUT2D eigenvalue weighted by Crippen LogP contribution is -2.50. The average molecular weight is 329 g/mol. The van der Waals surface area contributed by atoms with E-state index in [2.05, 4.69) is 10.1 Å². The number of ether oxygens (including phenoxy) is 2. The normalized spacial score (nSPS) is 26.7. The third-order valence-corrected chi connectivity index (χ3v) is 4.61. The maximum absolute atomic E-state index is 12.5. The van der Waals surface area contributed by atoms with Crippen molar-refractivity contribution in [1.82, 2.24) is 15.0 Å². The van der Waals surface area contributed by atoms with Gasteiger partial charge in [-0.15, -0.1) is 0 Å². The van der Waals surface area contributed by atoms with Gasteiger partial charge in [0.05, 0.1) is 30.5 Å². The summed E-state index contributed by atoms with van der Waals surface area (Å²) >= 11 is 0. The first kappa shape index (κ1) is 15.1. The lowest BCUT2D eigenvalue weighted by molar-refractivity contribution is -0.0453. The molecule has 4 heterocycles. The molecular weight excluding hydrogens is 310 g/mol. The molecule has 2 aromatic heterocycles. The molecule has 2 aromatic rings. The van der Waals surface area contributed by atoms with Crippen LogP contribution in [0.2, 0.25) is 0 Å². The second-order valence-electron chi connectivity index (χ2n) is 6.35. The molecule has 0 saturated carbocycles. The molecule has 2 fully saturated rings. The minimum Gasteiger partial charge on any atom is -0.472 e. The summed E-state index contributed by atoms with van der Waals surface area (Å²) in [7, 11) is 0. The van der Waals surface area contributed by atoms with Crippen molar-refractivity contribution < 1.29 is 18.8 Å². The van der Waals surface area contributed by atoms with E-state index in [1.165, 1.54) is 12.5 Å². The number of hydrogen-bond acceptors (Lipinski definition) is 6. The summed E-state index contributed by atoms with van der Waals surface area (Å²) in [6.45, 7) is 1.81. The molecule has 2 aliphatic heterocycles. The van der Waals surface area contributed by atoms with E-state index in [1.807, 2.05) is 23.1 Å². The average Bonchev–Trinajstić information content (AvgIpc) is 3.26. The van der Waals surface area contributed by atoms with Gasteiger partial charge in [-0.3, -0.25) is 4.79 Å². The lowest BCUT2D eigenvalue weighted by atomic mass is 9.89. The Labute approximate surface area is 139 Å². The number of likely N-dealkylation sites (tertiary alicyclic amines) is 1. The predicted octanol–water partition coefficient (Wildman–Crippen LogP) is 1.91. The van der Waals surface area contributed by atoms with Gasteiger partial charge in [0, 0.05) is 25.2 Å². The Kier molecular flexibility index (Phi) is 3.93. The molecule has 126 valence electrons. The third-order valence-electron chi connectivity index (χ3n) is 4.61. The smallest absolute Gasteiger partial charge is 0.258 e. The number of aromatic nitrogens is 2. The Morgan fingerprint density at radius 1 is 1.42 bits per heavy atom. The minimum absolute atomic E-state index is 0.0365. The Morgan fingerprint density at radius 3 is 3.17 bits per heavy atom. The van der Waals surface area contributed by atoms with Gasteiger partial charge in [0.15, 0.2) is 0 Å². The van der Waals surface area contributed by atoms with Crippen molar-refractivity contribution in [1.29, 1.82) is 0 Å². The Hall–Kier alpha value is -2.41. The van der Waals surface area contributed by atoms with Gasteiger partial charge in [-0.25, -0.2) is 4.98 Å². The summed E-state index contributed by atoms with van der Waals surface area (Å²) < 4.78 is 16.8. The molecule has 7 heteroatoms. The highest BCUT2D eigenvalue weighted by molar-refractivity contribution is 5.93. The van der Waals surface area contributed by atoms with Gasteiger partial charge in [0.1, 0.15) is 12.4 Å². The molecule has 2 aliphatic rings. The van der Waals surface area contributed by atoms with Crippen LogP contribution in [0.5, 0.6) is 5.88 Å². The van der Waals surface area contributed by atoms with Gasteiger partial charge >= 0.3 is 0 Å². The van der Waals surface area contributed by atoms with Crippen LogP contribution in [0.25, 0.3) is 0 Å². The van der Waals surface area contributed by atoms with Crippen molar-refractivity contribution in [3.05, 3.63) is 42.4 Å². The van der Waals surface area contributed by atoms with E-state index in [0.717, 1.165) is 25.8 Å². The number of pyridine rings is 1. The zero-order valence-corrected chi connectivity index (χ0v) is 13.3. The van der Waals surface area contributed by atoms with Crippen molar-refractivity contribution in [2.45, 2.75) is 31.0 Å². The van der Waals surface area contributed by atoms with E-state index in [-0.39, 0.29) is 17.6 Å². The molecule has 0 N–H and O–H groups in total. The SMILES string of the molecule is O=C(c1cnoc1)N1CCC[C@]2(C[C@H](Oc3ccccn3)CO2)C1. The van der Waals surface area contributed by atoms with E-state index in [1.54, 1.807) is 6.20 Å². The van der Waals surface area contributed by atoms with Gasteiger partial charge in [0.2, 0.25) is 5.88 Å². The third kappa shape index (κ3) is 2.99. The first-order chi connectivity index (χ1) is 11.7. The molecule has 0 aliphatic carbocycles. The van der Waals surface area contributed by atoms with Gasteiger partial charge in [0.25, 0.3) is 5.91 Å². The molecule has 0 radical (unpaired) electrons. The van der Waals surface area contributed by atoms with Crippen molar-refractivity contribution in [3.8, 4) is 5.88 Å². The van der Waals surface area contributed by atoms with Crippen molar-refractivity contribution in [3.63, 3.8) is 0 Å². The Bertz CT molecular complexity index is 691. The number of hydrogen-bond donors (Lipinski definition) is 0. The number of rotatable bonds is 3. The van der Waals surface area contributed by atoms with E-state index in [4.69, 9.17) is 14.0 Å². The summed E-state index contributed by atoms with van der Waals surface area (Å²) in [5.74, 6) is 0.546. The van der Waals surface area contributed by atoms with Crippen molar-refractivity contribution >= 4 is 5.91 Å². The summed E-state index contributed by atoms with van der Waals surface area (Å²) in [5, 5.41) is 3.61. The molecule has 2 saturated heterocycles. The molecule has 7 nitrogen and oxygen atoms in total. The van der Waals surface area contributed by atoms with Crippen molar-refractivity contribution in [2.24, 2.45) is 0 Å². The largest absolute Gasteiger partial charge is 0.472 e. The van der Waals surface area contributed by atoms with E-state index < -0.39 is 0 Å². The fraction of sp³-hybridized carbons (Fsp3) is 0.471. The van der Waals surface area contributed by atoms with Crippen molar-refractivity contribution in [2.75, 3.05) is 19.7 Å². The van der Waals surface area contributed by atoms with Crippen LogP contribution in [0, 0.1) is 0 Å². The second-order valence-corrected chi connectivity index (χ2v) is 6.35. The predicted molar refractivity (Wildman–Crippen MR) is 83.6 cm³/mol. The van der Waals surface area contributed by atoms with E-state index in [9.17, 15) is 4.79 Å². The topological polar surface area (TPSA) is 77.7 Å². The second kappa shape index (κ2) is 6.24. The number of piperidine rings is 1. The molecule has 2 atom stereocenters. The highest BCUT2D eigenvalue weighted by Gasteiger charge is 2.45. The van der Waals surface area contributed by atoms with Crippen LogP contribution in [-0.2, 0) is 4.74 Å². The molecular formula is C17H19N3O4. The summed E-state index contributed by atoms with van der Waals surface area (Å²) in [6, 6.07) is 5.59. The summed E-state index contributed by atoms with van der Waals surface area (Å²) in [4.78, 5) is 18.5. The molecule has 1 spiro atoms. The summed E-state index contributed by atoms with van der Waals surface area (Å²) in [5.41, 5.74) is 0.149. The van der Waals surface area contributed by atoms with E-state index in [0.29, 0.717) is 24.6 Å². The maximum atomic E-state index is 12.5. The van der Waals surface area contributed by atoms with Crippen LogP contribution < -0.4 is 4.74 Å². The van der Waals surface area contributed by atoms with Crippen LogP contribution in [0.1, 0.15) is 29.6 Å². The number of carbonyl (C=O) groups is 1. The maximum Gasteiger partial charge on any atom is 0.258 e. The fourth-order valence-electron chi connectivity index (χ4n) is 3.51. The Morgan fingerprint density at radius 2 is 2.38 bits per heavy atom. The van der Waals surface area contributed by atoms with Crippen LogP contribution in [0.4, 0.5) is 0 Å². The van der Waals surface area contributed by atoms with Crippen LogP contribution in [0.3, 0.4) is 0 Å². The van der Waals surface area contributed by atoms with Gasteiger partial charge in [-0.2, -0.15) is 0 Å². The van der Waals surface area contributed by atoms with Crippen LogP contribution in [0.15, 0.2) is 41.4 Å². The molecule has 1 amide bonds. The summed E-state index contributed by atoms with van der Waals surface area (Å²) in [6.07, 6.45) is 7.11. The van der Waals surface area contributed by atoms with Crippen LogP contribution >= 0.6 is 0 Å².